The summed E-state index contributed by atoms with van der Waals surface area (Å²) in [5.41, 5.74) is 3.97. The van der Waals surface area contributed by atoms with Crippen LogP contribution in [0, 0.1) is 0 Å². The summed E-state index contributed by atoms with van der Waals surface area (Å²) < 4.78 is 1.71. The first-order valence-corrected chi connectivity index (χ1v) is 8.37. The lowest BCUT2D eigenvalue weighted by Gasteiger charge is -2.09. The van der Waals surface area contributed by atoms with Crippen LogP contribution in [0.25, 0.3) is 22.0 Å². The molecule has 3 nitrogen and oxygen atoms in total. The fourth-order valence-electron chi connectivity index (χ4n) is 2.86. The summed E-state index contributed by atoms with van der Waals surface area (Å²) in [6.45, 7) is 0.510. The minimum Gasteiger partial charge on any atom is -0.310 e. The molecule has 0 unspecified atom stereocenters. The van der Waals surface area contributed by atoms with Crippen LogP contribution in [0.3, 0.4) is 0 Å². The number of hydrogen-bond donors (Lipinski definition) is 0. The third kappa shape index (κ3) is 3.32. The predicted octanol–water partition coefficient (Wildman–Crippen LogP) is 4.77. The Kier molecular flexibility index (Phi) is 4.08. The van der Waals surface area contributed by atoms with E-state index >= 15 is 0 Å². The molecule has 2 aromatic heterocycles. The molecule has 0 bridgehead atoms. The van der Waals surface area contributed by atoms with Crippen molar-refractivity contribution in [1.82, 2.24) is 9.55 Å². The van der Waals surface area contributed by atoms with Crippen LogP contribution < -0.4 is 5.56 Å². The van der Waals surface area contributed by atoms with E-state index in [1.165, 1.54) is 0 Å². The van der Waals surface area contributed by atoms with E-state index in [0.717, 1.165) is 27.6 Å². The molecule has 2 aromatic carbocycles. The van der Waals surface area contributed by atoms with Crippen LogP contribution in [0.2, 0.25) is 5.02 Å². The monoisotopic (exact) mass is 346 g/mol. The van der Waals surface area contributed by atoms with Gasteiger partial charge in [0.2, 0.25) is 0 Å². The van der Waals surface area contributed by atoms with Gasteiger partial charge in [-0.1, -0.05) is 41.9 Å². The molecule has 2 heterocycles. The minimum absolute atomic E-state index is 0.0300. The summed E-state index contributed by atoms with van der Waals surface area (Å²) >= 11 is 5.92. The van der Waals surface area contributed by atoms with Gasteiger partial charge in [-0.25, -0.2) is 0 Å². The first-order valence-electron chi connectivity index (χ1n) is 7.99. The Morgan fingerprint density at radius 3 is 2.56 bits per heavy atom. The van der Waals surface area contributed by atoms with Crippen molar-refractivity contribution < 1.29 is 0 Å². The molecule has 4 rings (SSSR count). The van der Waals surface area contributed by atoms with Gasteiger partial charge < -0.3 is 4.57 Å². The van der Waals surface area contributed by atoms with Crippen molar-refractivity contribution in [2.24, 2.45) is 0 Å². The molecular formula is C21H15ClN2O. The van der Waals surface area contributed by atoms with Crippen LogP contribution >= 0.6 is 11.6 Å². The highest BCUT2D eigenvalue weighted by molar-refractivity contribution is 6.30. The number of halogens is 1. The zero-order chi connectivity index (χ0) is 17.2. The van der Waals surface area contributed by atoms with Crippen molar-refractivity contribution in [1.29, 1.82) is 0 Å². The van der Waals surface area contributed by atoms with E-state index in [1.54, 1.807) is 16.8 Å². The smallest absolute Gasteiger partial charge is 0.250 e. The first kappa shape index (κ1) is 15.6. The zero-order valence-electron chi connectivity index (χ0n) is 13.4. The molecule has 0 aliphatic rings. The van der Waals surface area contributed by atoms with E-state index in [-0.39, 0.29) is 5.56 Å². The van der Waals surface area contributed by atoms with E-state index in [0.29, 0.717) is 11.6 Å². The third-order valence-electron chi connectivity index (χ3n) is 4.19. The van der Waals surface area contributed by atoms with Crippen molar-refractivity contribution in [3.05, 3.63) is 100 Å². The molecule has 25 heavy (non-hydrogen) atoms. The van der Waals surface area contributed by atoms with Crippen LogP contribution in [-0.4, -0.2) is 9.55 Å². The van der Waals surface area contributed by atoms with Gasteiger partial charge in [-0.2, -0.15) is 0 Å². The number of fused-ring (bicyclic) bond motifs is 1. The Labute approximate surface area is 150 Å². The van der Waals surface area contributed by atoms with E-state index in [2.05, 4.69) is 11.1 Å². The summed E-state index contributed by atoms with van der Waals surface area (Å²) in [6, 6.07) is 21.1. The van der Waals surface area contributed by atoms with Gasteiger partial charge in [0.1, 0.15) is 0 Å². The van der Waals surface area contributed by atoms with E-state index in [9.17, 15) is 4.79 Å². The van der Waals surface area contributed by atoms with Gasteiger partial charge in [-0.05, 0) is 47.0 Å². The van der Waals surface area contributed by atoms with E-state index in [1.807, 2.05) is 60.8 Å². The Hall–Kier alpha value is -2.91. The van der Waals surface area contributed by atoms with Gasteiger partial charge in [0.05, 0.1) is 12.1 Å². The number of pyridine rings is 2. The van der Waals surface area contributed by atoms with Gasteiger partial charge in [0.25, 0.3) is 5.56 Å². The first-order chi connectivity index (χ1) is 12.2. The summed E-state index contributed by atoms with van der Waals surface area (Å²) in [6.07, 6.45) is 3.68. The van der Waals surface area contributed by atoms with Crippen molar-refractivity contribution in [2.45, 2.75) is 6.54 Å². The molecule has 4 aromatic rings. The number of hydrogen-bond acceptors (Lipinski definition) is 2. The van der Waals surface area contributed by atoms with Crippen molar-refractivity contribution in [3.8, 4) is 11.1 Å². The van der Waals surface area contributed by atoms with Gasteiger partial charge >= 0.3 is 0 Å². The standard InChI is InChI=1S/C21H15ClN2O/c22-19-8-3-15(4-9-19)13-24-14-18(7-10-21(24)25)17-6-5-16-2-1-11-23-20(16)12-17/h1-12,14H,13H2. The molecule has 0 N–H and O–H groups in total. The van der Waals surface area contributed by atoms with E-state index in [4.69, 9.17) is 11.6 Å². The fraction of sp³-hybridized carbons (Fsp3) is 0.0476. The fourth-order valence-corrected chi connectivity index (χ4v) is 2.98. The number of nitrogens with zero attached hydrogens (tertiary/aromatic N) is 2. The maximum atomic E-state index is 12.2. The topological polar surface area (TPSA) is 34.9 Å². The molecule has 0 fully saturated rings. The van der Waals surface area contributed by atoms with Gasteiger partial charge in [0.15, 0.2) is 0 Å². The Morgan fingerprint density at radius 1 is 0.920 bits per heavy atom. The molecule has 0 atom stereocenters. The van der Waals surface area contributed by atoms with Crippen LogP contribution in [0.15, 0.2) is 83.9 Å². The maximum absolute atomic E-state index is 12.2. The molecule has 0 amide bonds. The molecule has 0 spiro atoms. The van der Waals surface area contributed by atoms with Crippen molar-refractivity contribution >= 4 is 22.5 Å². The molecule has 122 valence electrons. The Bertz CT molecular complexity index is 1100. The lowest BCUT2D eigenvalue weighted by molar-refractivity contribution is 0.761. The average molecular weight is 347 g/mol. The summed E-state index contributed by atoms with van der Waals surface area (Å²) in [5.74, 6) is 0. The van der Waals surface area contributed by atoms with Gasteiger partial charge in [0, 0.05) is 28.9 Å². The second kappa shape index (κ2) is 6.54. The van der Waals surface area contributed by atoms with Crippen LogP contribution in [0.4, 0.5) is 0 Å². The quantitative estimate of drug-likeness (QED) is 0.536. The molecular weight excluding hydrogens is 332 g/mol. The zero-order valence-corrected chi connectivity index (χ0v) is 14.1. The number of benzene rings is 2. The molecule has 0 saturated heterocycles. The van der Waals surface area contributed by atoms with Gasteiger partial charge in [-0.15, -0.1) is 0 Å². The minimum atomic E-state index is -0.0300. The van der Waals surface area contributed by atoms with E-state index < -0.39 is 0 Å². The SMILES string of the molecule is O=c1ccc(-c2ccc3cccnc3c2)cn1Cc1ccc(Cl)cc1. The van der Waals surface area contributed by atoms with Crippen molar-refractivity contribution in [3.63, 3.8) is 0 Å². The molecule has 0 aliphatic heterocycles. The average Bonchev–Trinajstić information content (AvgIpc) is 2.65. The molecule has 4 heteroatoms. The largest absolute Gasteiger partial charge is 0.310 e. The third-order valence-corrected chi connectivity index (χ3v) is 4.44. The highest BCUT2D eigenvalue weighted by Gasteiger charge is 2.04. The summed E-state index contributed by atoms with van der Waals surface area (Å²) in [4.78, 5) is 16.6. The highest BCUT2D eigenvalue weighted by Crippen LogP contribution is 2.22. The Balaban J connectivity index is 1.72. The number of rotatable bonds is 3. The lowest BCUT2D eigenvalue weighted by Crippen LogP contribution is -2.19. The molecule has 0 saturated carbocycles. The normalized spacial score (nSPS) is 10.9. The second-order valence-electron chi connectivity index (χ2n) is 5.92. The molecule has 0 aliphatic carbocycles. The Morgan fingerprint density at radius 2 is 1.72 bits per heavy atom. The number of aromatic nitrogens is 2. The predicted molar refractivity (Wildman–Crippen MR) is 102 cm³/mol. The summed E-state index contributed by atoms with van der Waals surface area (Å²) in [5, 5.41) is 1.79. The summed E-state index contributed by atoms with van der Waals surface area (Å²) in [7, 11) is 0. The lowest BCUT2D eigenvalue weighted by atomic mass is 10.1. The maximum Gasteiger partial charge on any atom is 0.250 e. The van der Waals surface area contributed by atoms with Crippen LogP contribution in [-0.2, 0) is 6.54 Å². The second-order valence-corrected chi connectivity index (χ2v) is 6.36. The highest BCUT2D eigenvalue weighted by atomic mass is 35.5. The molecule has 0 radical (unpaired) electrons. The van der Waals surface area contributed by atoms with Crippen molar-refractivity contribution in [2.75, 3.05) is 0 Å². The van der Waals surface area contributed by atoms with Crippen LogP contribution in [0.1, 0.15) is 5.56 Å². The van der Waals surface area contributed by atoms with Gasteiger partial charge in [-0.3, -0.25) is 9.78 Å². The van der Waals surface area contributed by atoms with Crippen LogP contribution in [0.5, 0.6) is 0 Å².